The van der Waals surface area contributed by atoms with Crippen LogP contribution in [0, 0.1) is 0 Å². The smallest absolute Gasteiger partial charge is 0.232 e. The lowest BCUT2D eigenvalue weighted by Crippen LogP contribution is -2.37. The molecule has 1 aromatic rings. The SMILES string of the molecule is CN(C1CCCCC1)S(=O)(=O)c1cnc(Cl)s1. The van der Waals surface area contributed by atoms with Crippen LogP contribution < -0.4 is 0 Å². The second kappa shape index (κ2) is 5.22. The summed E-state index contributed by atoms with van der Waals surface area (Å²) < 4.78 is 26.5. The van der Waals surface area contributed by atoms with Crippen molar-refractivity contribution in [2.24, 2.45) is 0 Å². The number of hydrogen-bond donors (Lipinski definition) is 0. The topological polar surface area (TPSA) is 50.3 Å². The van der Waals surface area contributed by atoms with Crippen LogP contribution in [0.15, 0.2) is 10.4 Å². The molecule has 0 bridgehead atoms. The number of rotatable bonds is 3. The lowest BCUT2D eigenvalue weighted by Gasteiger charge is -2.29. The average Bonchev–Trinajstić information content (AvgIpc) is 2.77. The van der Waals surface area contributed by atoms with E-state index in [2.05, 4.69) is 4.98 Å². The van der Waals surface area contributed by atoms with Crippen molar-refractivity contribution in [3.05, 3.63) is 10.7 Å². The third-order valence-electron chi connectivity index (χ3n) is 3.18. The zero-order chi connectivity index (χ0) is 12.5. The zero-order valence-corrected chi connectivity index (χ0v) is 12.0. The molecule has 1 aliphatic rings. The largest absolute Gasteiger partial charge is 0.254 e. The second-order valence-corrected chi connectivity index (χ2v) is 8.08. The van der Waals surface area contributed by atoms with Crippen LogP contribution in [0.3, 0.4) is 0 Å². The molecule has 1 aromatic heterocycles. The van der Waals surface area contributed by atoms with E-state index < -0.39 is 10.0 Å². The fraction of sp³-hybridized carbons (Fsp3) is 0.700. The van der Waals surface area contributed by atoms with E-state index in [-0.39, 0.29) is 14.7 Å². The predicted molar refractivity (Wildman–Crippen MR) is 68.9 cm³/mol. The van der Waals surface area contributed by atoms with E-state index in [1.54, 1.807) is 7.05 Å². The van der Waals surface area contributed by atoms with Gasteiger partial charge in [0.1, 0.15) is 0 Å². The molecule has 1 heterocycles. The first-order valence-electron chi connectivity index (χ1n) is 5.61. The molecule has 17 heavy (non-hydrogen) atoms. The highest BCUT2D eigenvalue weighted by molar-refractivity contribution is 7.91. The molecule has 1 aliphatic carbocycles. The highest BCUT2D eigenvalue weighted by atomic mass is 35.5. The van der Waals surface area contributed by atoms with Crippen LogP contribution in [0.4, 0.5) is 0 Å². The highest BCUT2D eigenvalue weighted by Crippen LogP contribution is 2.29. The van der Waals surface area contributed by atoms with Crippen LogP contribution in [0.1, 0.15) is 32.1 Å². The normalized spacial score (nSPS) is 18.8. The van der Waals surface area contributed by atoms with Crippen molar-refractivity contribution in [2.75, 3.05) is 7.05 Å². The number of nitrogens with zero attached hydrogens (tertiary/aromatic N) is 2. The van der Waals surface area contributed by atoms with Crippen molar-refractivity contribution >= 4 is 33.0 Å². The Labute approximate surface area is 111 Å². The van der Waals surface area contributed by atoms with Crippen LogP contribution in [0.5, 0.6) is 0 Å². The summed E-state index contributed by atoms with van der Waals surface area (Å²) in [6.45, 7) is 0. The van der Waals surface area contributed by atoms with Gasteiger partial charge in [0, 0.05) is 13.1 Å². The molecular weight excluding hydrogens is 280 g/mol. The zero-order valence-electron chi connectivity index (χ0n) is 9.60. The summed E-state index contributed by atoms with van der Waals surface area (Å²) in [6, 6.07) is 0.120. The van der Waals surface area contributed by atoms with Gasteiger partial charge >= 0.3 is 0 Å². The van der Waals surface area contributed by atoms with Crippen molar-refractivity contribution in [1.82, 2.24) is 9.29 Å². The van der Waals surface area contributed by atoms with E-state index in [9.17, 15) is 8.42 Å². The molecule has 0 spiro atoms. The molecule has 0 amide bonds. The van der Waals surface area contributed by atoms with Gasteiger partial charge in [-0.05, 0) is 12.8 Å². The van der Waals surface area contributed by atoms with E-state index in [0.717, 1.165) is 37.0 Å². The Hall–Kier alpha value is -0.170. The van der Waals surface area contributed by atoms with Crippen LogP contribution >= 0.6 is 22.9 Å². The number of halogens is 1. The molecule has 0 atom stereocenters. The van der Waals surface area contributed by atoms with Gasteiger partial charge < -0.3 is 0 Å². The molecule has 0 radical (unpaired) electrons. The molecule has 96 valence electrons. The van der Waals surface area contributed by atoms with Gasteiger partial charge in [-0.3, -0.25) is 0 Å². The van der Waals surface area contributed by atoms with Gasteiger partial charge in [0.15, 0.2) is 8.68 Å². The first-order valence-corrected chi connectivity index (χ1v) is 8.24. The average molecular weight is 295 g/mol. The van der Waals surface area contributed by atoms with Gasteiger partial charge in [-0.25, -0.2) is 13.4 Å². The summed E-state index contributed by atoms with van der Waals surface area (Å²) in [4.78, 5) is 3.79. The first-order chi connectivity index (χ1) is 8.01. The summed E-state index contributed by atoms with van der Waals surface area (Å²) in [6.07, 6.45) is 6.64. The van der Waals surface area contributed by atoms with Gasteiger partial charge in [-0.1, -0.05) is 42.2 Å². The van der Waals surface area contributed by atoms with Crippen molar-refractivity contribution in [1.29, 1.82) is 0 Å². The van der Waals surface area contributed by atoms with Crippen LogP contribution in [-0.4, -0.2) is 30.8 Å². The van der Waals surface area contributed by atoms with E-state index in [0.29, 0.717) is 0 Å². The number of aromatic nitrogens is 1. The standard InChI is InChI=1S/C10H15ClN2O2S2/c1-13(8-5-3-2-4-6-8)17(14,15)9-7-12-10(11)16-9/h7-8H,2-6H2,1H3. The molecule has 7 heteroatoms. The molecule has 1 fully saturated rings. The van der Waals surface area contributed by atoms with Crippen LogP contribution in [-0.2, 0) is 10.0 Å². The highest BCUT2D eigenvalue weighted by Gasteiger charge is 2.30. The molecule has 0 aliphatic heterocycles. The van der Waals surface area contributed by atoms with Gasteiger partial charge in [0.25, 0.3) is 10.0 Å². The van der Waals surface area contributed by atoms with E-state index in [1.165, 1.54) is 16.9 Å². The Kier molecular flexibility index (Phi) is 4.07. The Morgan fingerprint density at radius 3 is 2.59 bits per heavy atom. The summed E-state index contributed by atoms with van der Waals surface area (Å²) in [5, 5.41) is 0. The molecule has 0 aromatic carbocycles. The predicted octanol–water partition coefficient (Wildman–Crippen LogP) is 2.75. The quantitative estimate of drug-likeness (QED) is 0.861. The van der Waals surface area contributed by atoms with Crippen molar-refractivity contribution in [3.8, 4) is 0 Å². The fourth-order valence-corrected chi connectivity index (χ4v) is 5.04. The first kappa shape index (κ1) is 13.3. The van der Waals surface area contributed by atoms with Crippen LogP contribution in [0.2, 0.25) is 4.47 Å². The van der Waals surface area contributed by atoms with Gasteiger partial charge in [-0.2, -0.15) is 4.31 Å². The summed E-state index contributed by atoms with van der Waals surface area (Å²) in [7, 11) is -1.76. The molecule has 1 saturated carbocycles. The summed E-state index contributed by atoms with van der Waals surface area (Å²) >= 11 is 6.69. The molecule has 4 nitrogen and oxygen atoms in total. The lowest BCUT2D eigenvalue weighted by molar-refractivity contribution is 0.286. The minimum atomic E-state index is -3.41. The minimum absolute atomic E-state index is 0.120. The van der Waals surface area contributed by atoms with Gasteiger partial charge in [0.2, 0.25) is 0 Å². The van der Waals surface area contributed by atoms with Crippen LogP contribution in [0.25, 0.3) is 0 Å². The number of thiazole rings is 1. The third kappa shape index (κ3) is 2.81. The Morgan fingerprint density at radius 1 is 1.41 bits per heavy atom. The molecule has 2 rings (SSSR count). The molecule has 0 saturated heterocycles. The van der Waals surface area contributed by atoms with E-state index in [4.69, 9.17) is 11.6 Å². The van der Waals surface area contributed by atoms with Crippen molar-refractivity contribution < 1.29 is 8.42 Å². The van der Waals surface area contributed by atoms with Crippen molar-refractivity contribution in [2.45, 2.75) is 42.4 Å². The minimum Gasteiger partial charge on any atom is -0.232 e. The Morgan fingerprint density at radius 2 is 2.06 bits per heavy atom. The maximum absolute atomic E-state index is 12.3. The molecule has 0 N–H and O–H groups in total. The van der Waals surface area contributed by atoms with E-state index in [1.807, 2.05) is 0 Å². The molecular formula is C10H15ClN2O2S2. The Bertz CT molecular complexity index is 480. The van der Waals surface area contributed by atoms with Crippen molar-refractivity contribution in [3.63, 3.8) is 0 Å². The van der Waals surface area contributed by atoms with Gasteiger partial charge in [-0.15, -0.1) is 0 Å². The Balaban J connectivity index is 2.20. The fourth-order valence-electron chi connectivity index (χ4n) is 2.14. The lowest BCUT2D eigenvalue weighted by atomic mass is 9.96. The number of hydrogen-bond acceptors (Lipinski definition) is 4. The third-order valence-corrected chi connectivity index (χ3v) is 6.64. The summed E-state index contributed by atoms with van der Waals surface area (Å²) in [5.41, 5.74) is 0. The second-order valence-electron chi connectivity index (χ2n) is 4.25. The maximum Gasteiger partial charge on any atom is 0.254 e. The maximum atomic E-state index is 12.3. The monoisotopic (exact) mass is 294 g/mol. The number of sulfonamides is 1. The van der Waals surface area contributed by atoms with Gasteiger partial charge in [0.05, 0.1) is 6.20 Å². The molecule has 0 unspecified atom stereocenters. The van der Waals surface area contributed by atoms with E-state index >= 15 is 0 Å². The summed E-state index contributed by atoms with van der Waals surface area (Å²) in [5.74, 6) is 0.